The van der Waals surface area contributed by atoms with Gasteiger partial charge in [0.25, 0.3) is 0 Å². The van der Waals surface area contributed by atoms with Gasteiger partial charge in [-0.25, -0.2) is 0 Å². The number of para-hydroxylation sites is 4. The normalized spacial score (nSPS) is 11.8. The van der Waals surface area contributed by atoms with Crippen LogP contribution in [0.4, 0.5) is 17.1 Å². The third-order valence-corrected chi connectivity index (χ3v) is 10.4. The highest BCUT2D eigenvalue weighted by molar-refractivity contribution is 6.21. The molecule has 11 aromatic rings. The lowest BCUT2D eigenvalue weighted by molar-refractivity contribution is 0.669. The van der Waals surface area contributed by atoms with Crippen LogP contribution in [0.1, 0.15) is 0 Å². The Bertz CT molecular complexity index is 3110. The predicted molar refractivity (Wildman–Crippen MR) is 215 cm³/mol. The van der Waals surface area contributed by atoms with Crippen LogP contribution < -0.4 is 4.90 Å². The molecule has 11 rings (SSSR count). The summed E-state index contributed by atoms with van der Waals surface area (Å²) in [7, 11) is 0. The average Bonchev–Trinajstić information content (AvgIpc) is 3.89. The molecule has 8 aromatic carbocycles. The molecule has 0 saturated heterocycles. The van der Waals surface area contributed by atoms with Crippen LogP contribution >= 0.6 is 0 Å². The van der Waals surface area contributed by atoms with E-state index in [1.165, 1.54) is 21.9 Å². The number of hydrogen-bond acceptors (Lipinski definition) is 3. The molecule has 0 aliphatic rings. The van der Waals surface area contributed by atoms with Gasteiger partial charge < -0.3 is 18.3 Å². The molecular weight excluding hydrogens is 637 g/mol. The van der Waals surface area contributed by atoms with Gasteiger partial charge in [-0.1, -0.05) is 115 Å². The lowest BCUT2D eigenvalue weighted by Crippen LogP contribution is -2.10. The molecule has 0 aliphatic heterocycles. The van der Waals surface area contributed by atoms with Crippen LogP contribution in [0, 0.1) is 0 Å². The number of aromatic nitrogens is 1. The summed E-state index contributed by atoms with van der Waals surface area (Å²) < 4.78 is 15.5. The third kappa shape index (κ3) is 4.28. The second kappa shape index (κ2) is 11.2. The van der Waals surface area contributed by atoms with Gasteiger partial charge in [0.1, 0.15) is 11.2 Å². The van der Waals surface area contributed by atoms with Crippen molar-refractivity contribution in [3.05, 3.63) is 182 Å². The fraction of sp³-hybridized carbons (Fsp3) is 0. The molecule has 52 heavy (non-hydrogen) atoms. The van der Waals surface area contributed by atoms with E-state index in [2.05, 4.69) is 167 Å². The minimum absolute atomic E-state index is 0.856. The zero-order chi connectivity index (χ0) is 34.2. The highest BCUT2D eigenvalue weighted by atomic mass is 16.3. The van der Waals surface area contributed by atoms with Crippen molar-refractivity contribution >= 4 is 82.7 Å². The maximum absolute atomic E-state index is 6.60. The average molecular weight is 667 g/mol. The highest BCUT2D eigenvalue weighted by Gasteiger charge is 2.22. The Kier molecular flexibility index (Phi) is 6.22. The Hall–Kier alpha value is -7.04. The van der Waals surface area contributed by atoms with E-state index < -0.39 is 0 Å². The molecule has 3 aromatic heterocycles. The summed E-state index contributed by atoms with van der Waals surface area (Å²) >= 11 is 0. The van der Waals surface area contributed by atoms with E-state index in [0.29, 0.717) is 0 Å². The van der Waals surface area contributed by atoms with Crippen molar-refractivity contribution in [1.29, 1.82) is 0 Å². The molecule has 4 nitrogen and oxygen atoms in total. The lowest BCUT2D eigenvalue weighted by Gasteiger charge is -2.26. The molecular formula is C48H30N2O2. The molecule has 4 heteroatoms. The monoisotopic (exact) mass is 666 g/mol. The van der Waals surface area contributed by atoms with Crippen LogP contribution in [0.15, 0.2) is 191 Å². The smallest absolute Gasteiger partial charge is 0.160 e. The number of benzene rings is 8. The summed E-state index contributed by atoms with van der Waals surface area (Å²) in [5.74, 6) is 0. The molecule has 3 heterocycles. The summed E-state index contributed by atoms with van der Waals surface area (Å²) in [4.78, 5) is 2.30. The Morgan fingerprint density at radius 2 is 0.904 bits per heavy atom. The standard InChI is InChI=1S/C48H30N2O2/c1-2-11-31(12-3-1)32-21-23-33(24-22-32)49(43-18-10-16-40-37-14-5-8-19-44(37)51-47(40)43)34-25-27-35(28-26-34)50-42-17-7-4-13-36(42)39-29-30-41-38-15-6-9-20-45(38)52-48(41)46(39)50/h1-30H. The van der Waals surface area contributed by atoms with E-state index in [0.717, 1.165) is 77.7 Å². The maximum Gasteiger partial charge on any atom is 0.160 e. The van der Waals surface area contributed by atoms with Crippen LogP contribution in [-0.2, 0) is 0 Å². The van der Waals surface area contributed by atoms with Crippen LogP contribution in [0.5, 0.6) is 0 Å². The van der Waals surface area contributed by atoms with Gasteiger partial charge in [0, 0.05) is 49.4 Å². The fourth-order valence-electron chi connectivity index (χ4n) is 8.02. The molecule has 0 atom stereocenters. The topological polar surface area (TPSA) is 34.5 Å². The molecule has 0 saturated carbocycles. The molecule has 244 valence electrons. The van der Waals surface area contributed by atoms with Gasteiger partial charge in [-0.2, -0.15) is 0 Å². The van der Waals surface area contributed by atoms with Crippen LogP contribution in [0.25, 0.3) is 82.5 Å². The first-order chi connectivity index (χ1) is 25.8. The van der Waals surface area contributed by atoms with Gasteiger partial charge in [-0.05, 0) is 77.9 Å². The van der Waals surface area contributed by atoms with E-state index in [1.807, 2.05) is 24.3 Å². The summed E-state index contributed by atoms with van der Waals surface area (Å²) in [6, 6.07) is 64.1. The highest BCUT2D eigenvalue weighted by Crippen LogP contribution is 2.44. The number of hydrogen-bond donors (Lipinski definition) is 0. The van der Waals surface area contributed by atoms with Gasteiger partial charge >= 0.3 is 0 Å². The molecule has 0 aliphatic carbocycles. The first-order valence-electron chi connectivity index (χ1n) is 17.6. The van der Waals surface area contributed by atoms with Crippen molar-refractivity contribution in [3.8, 4) is 16.8 Å². The minimum Gasteiger partial charge on any atom is -0.454 e. The lowest BCUT2D eigenvalue weighted by atomic mass is 10.0. The van der Waals surface area contributed by atoms with Crippen LogP contribution in [0.2, 0.25) is 0 Å². The number of nitrogens with zero attached hydrogens (tertiary/aromatic N) is 2. The van der Waals surface area contributed by atoms with Crippen molar-refractivity contribution < 1.29 is 8.83 Å². The van der Waals surface area contributed by atoms with Crippen LogP contribution in [-0.4, -0.2) is 4.57 Å². The first kappa shape index (κ1) is 28.8. The molecule has 0 spiro atoms. The zero-order valence-corrected chi connectivity index (χ0v) is 28.0. The second-order valence-corrected chi connectivity index (χ2v) is 13.3. The third-order valence-electron chi connectivity index (χ3n) is 10.4. The molecule has 0 bridgehead atoms. The maximum atomic E-state index is 6.60. The quantitative estimate of drug-likeness (QED) is 0.183. The Morgan fingerprint density at radius 3 is 1.63 bits per heavy atom. The predicted octanol–water partition coefficient (Wildman–Crippen LogP) is 13.7. The summed E-state index contributed by atoms with van der Waals surface area (Å²) in [6.45, 7) is 0. The van der Waals surface area contributed by atoms with Crippen molar-refractivity contribution in [2.45, 2.75) is 0 Å². The molecule has 0 amide bonds. The molecule has 0 fully saturated rings. The van der Waals surface area contributed by atoms with Crippen LogP contribution in [0.3, 0.4) is 0 Å². The number of fused-ring (bicyclic) bond motifs is 10. The summed E-state index contributed by atoms with van der Waals surface area (Å²) in [5.41, 5.74) is 12.2. The van der Waals surface area contributed by atoms with Gasteiger partial charge in [-0.3, -0.25) is 0 Å². The van der Waals surface area contributed by atoms with E-state index in [1.54, 1.807) is 0 Å². The number of anilines is 3. The van der Waals surface area contributed by atoms with E-state index in [-0.39, 0.29) is 0 Å². The SMILES string of the molecule is c1ccc(-c2ccc(N(c3ccc(-n4c5ccccc5c5ccc6c7ccccc7oc6c54)cc3)c3cccc4c3oc3ccccc34)cc2)cc1. The molecule has 0 radical (unpaired) electrons. The first-order valence-corrected chi connectivity index (χ1v) is 17.6. The van der Waals surface area contributed by atoms with E-state index >= 15 is 0 Å². The van der Waals surface area contributed by atoms with Gasteiger partial charge in [0.2, 0.25) is 0 Å². The van der Waals surface area contributed by atoms with Gasteiger partial charge in [0.15, 0.2) is 11.2 Å². The Labute approximate surface area is 299 Å². The van der Waals surface area contributed by atoms with E-state index in [4.69, 9.17) is 8.83 Å². The van der Waals surface area contributed by atoms with Crippen molar-refractivity contribution in [2.75, 3.05) is 4.90 Å². The Morgan fingerprint density at radius 1 is 0.365 bits per heavy atom. The van der Waals surface area contributed by atoms with Gasteiger partial charge in [0.05, 0.1) is 16.7 Å². The second-order valence-electron chi connectivity index (χ2n) is 13.3. The zero-order valence-electron chi connectivity index (χ0n) is 28.0. The van der Waals surface area contributed by atoms with E-state index in [9.17, 15) is 0 Å². The van der Waals surface area contributed by atoms with Crippen molar-refractivity contribution in [1.82, 2.24) is 4.57 Å². The Balaban J connectivity index is 1.11. The summed E-state index contributed by atoms with van der Waals surface area (Å²) in [6.07, 6.45) is 0. The fourth-order valence-corrected chi connectivity index (χ4v) is 8.02. The minimum atomic E-state index is 0.856. The van der Waals surface area contributed by atoms with Crippen molar-refractivity contribution in [2.24, 2.45) is 0 Å². The summed E-state index contributed by atoms with van der Waals surface area (Å²) in [5, 5.41) is 6.81. The number of furan rings is 2. The van der Waals surface area contributed by atoms with Gasteiger partial charge in [-0.15, -0.1) is 0 Å². The largest absolute Gasteiger partial charge is 0.454 e. The molecule has 0 N–H and O–H groups in total. The molecule has 0 unspecified atom stereocenters. The number of rotatable bonds is 5. The van der Waals surface area contributed by atoms with Crippen molar-refractivity contribution in [3.63, 3.8) is 0 Å².